The van der Waals surface area contributed by atoms with Crippen LogP contribution in [0.2, 0.25) is 0 Å². The van der Waals surface area contributed by atoms with Gasteiger partial charge in [-0.25, -0.2) is 0 Å². The molecule has 2 aromatic rings. The van der Waals surface area contributed by atoms with Gasteiger partial charge in [-0.05, 0) is 50.2 Å². The highest BCUT2D eigenvalue weighted by Crippen LogP contribution is 2.30. The first-order valence-corrected chi connectivity index (χ1v) is 7.08. The van der Waals surface area contributed by atoms with Crippen molar-refractivity contribution >= 4 is 15.9 Å². The van der Waals surface area contributed by atoms with E-state index in [9.17, 15) is 0 Å². The van der Waals surface area contributed by atoms with Crippen molar-refractivity contribution in [1.82, 2.24) is 5.32 Å². The Balaban J connectivity index is 2.31. The Kier molecular flexibility index (Phi) is 4.61. The number of nitrogens with one attached hydrogen (secondary N) is 1. The molecule has 0 unspecified atom stereocenters. The predicted octanol–water partition coefficient (Wildman–Crippen LogP) is 4.58. The van der Waals surface area contributed by atoms with Crippen LogP contribution in [0, 0.1) is 13.8 Å². The summed E-state index contributed by atoms with van der Waals surface area (Å²) >= 11 is 3.57. The summed E-state index contributed by atoms with van der Waals surface area (Å²) in [6, 6.07) is 12.2. The maximum Gasteiger partial charge on any atom is 0.131 e. The maximum atomic E-state index is 6.02. The van der Waals surface area contributed by atoms with Crippen molar-refractivity contribution in [2.75, 3.05) is 7.05 Å². The maximum absolute atomic E-state index is 6.02. The average molecular weight is 320 g/mol. The van der Waals surface area contributed by atoms with Crippen LogP contribution in [0.1, 0.15) is 16.7 Å². The number of ether oxygens (including phenoxy) is 1. The van der Waals surface area contributed by atoms with Gasteiger partial charge in [-0.15, -0.1) is 0 Å². The summed E-state index contributed by atoms with van der Waals surface area (Å²) in [5.74, 6) is 1.78. The molecule has 0 saturated heterocycles. The van der Waals surface area contributed by atoms with E-state index in [0.29, 0.717) is 0 Å². The van der Waals surface area contributed by atoms with E-state index >= 15 is 0 Å². The molecule has 3 heteroatoms. The molecule has 0 radical (unpaired) electrons. The Morgan fingerprint density at radius 3 is 2.37 bits per heavy atom. The van der Waals surface area contributed by atoms with Crippen LogP contribution in [0.25, 0.3) is 0 Å². The molecule has 0 heterocycles. The van der Waals surface area contributed by atoms with E-state index in [-0.39, 0.29) is 0 Å². The molecule has 0 spiro atoms. The standard InChI is InChI=1S/C16H18BrNO/c1-11-8-14(9-12(2)16(11)17)19-15-7-5-4-6-13(15)10-18-3/h4-9,18H,10H2,1-3H3. The van der Waals surface area contributed by atoms with Crippen molar-refractivity contribution in [3.63, 3.8) is 0 Å². The molecule has 0 saturated carbocycles. The topological polar surface area (TPSA) is 21.3 Å². The van der Waals surface area contributed by atoms with E-state index in [0.717, 1.165) is 28.1 Å². The van der Waals surface area contributed by atoms with E-state index in [1.807, 2.05) is 37.4 Å². The molecule has 0 aliphatic heterocycles. The van der Waals surface area contributed by atoms with Crippen molar-refractivity contribution in [3.05, 3.63) is 57.6 Å². The van der Waals surface area contributed by atoms with E-state index in [4.69, 9.17) is 4.74 Å². The van der Waals surface area contributed by atoms with Gasteiger partial charge in [0.25, 0.3) is 0 Å². The Labute approximate surface area is 122 Å². The quantitative estimate of drug-likeness (QED) is 0.890. The van der Waals surface area contributed by atoms with Gasteiger partial charge in [0.15, 0.2) is 0 Å². The molecule has 0 amide bonds. The van der Waals surface area contributed by atoms with Gasteiger partial charge in [0.2, 0.25) is 0 Å². The van der Waals surface area contributed by atoms with E-state index in [1.165, 1.54) is 11.1 Å². The number of aryl methyl sites for hydroxylation is 2. The summed E-state index contributed by atoms with van der Waals surface area (Å²) < 4.78 is 7.16. The summed E-state index contributed by atoms with van der Waals surface area (Å²) in [5, 5.41) is 3.15. The minimum absolute atomic E-state index is 0.796. The van der Waals surface area contributed by atoms with Crippen molar-refractivity contribution in [2.45, 2.75) is 20.4 Å². The van der Waals surface area contributed by atoms with Crippen LogP contribution >= 0.6 is 15.9 Å². The fraction of sp³-hybridized carbons (Fsp3) is 0.250. The van der Waals surface area contributed by atoms with Gasteiger partial charge >= 0.3 is 0 Å². The van der Waals surface area contributed by atoms with Crippen molar-refractivity contribution < 1.29 is 4.74 Å². The second-order valence-electron chi connectivity index (χ2n) is 4.61. The summed E-state index contributed by atoms with van der Waals surface area (Å²) in [5.41, 5.74) is 3.52. The number of para-hydroxylation sites is 1. The Hall–Kier alpha value is -1.32. The molecule has 0 aliphatic carbocycles. The van der Waals surface area contributed by atoms with Crippen molar-refractivity contribution in [2.24, 2.45) is 0 Å². The highest BCUT2D eigenvalue weighted by Gasteiger charge is 2.07. The highest BCUT2D eigenvalue weighted by molar-refractivity contribution is 9.10. The van der Waals surface area contributed by atoms with Crippen LogP contribution in [0.4, 0.5) is 0 Å². The molecule has 1 N–H and O–H groups in total. The van der Waals surface area contributed by atoms with E-state index in [1.54, 1.807) is 0 Å². The lowest BCUT2D eigenvalue weighted by atomic mass is 10.1. The first kappa shape index (κ1) is 14.1. The predicted molar refractivity (Wildman–Crippen MR) is 82.9 cm³/mol. The molecule has 19 heavy (non-hydrogen) atoms. The van der Waals surface area contributed by atoms with Crippen LogP contribution in [0.15, 0.2) is 40.9 Å². The third kappa shape index (κ3) is 3.37. The summed E-state index contributed by atoms with van der Waals surface area (Å²) in [4.78, 5) is 0. The lowest BCUT2D eigenvalue weighted by Crippen LogP contribution is -2.06. The average Bonchev–Trinajstić information content (AvgIpc) is 2.38. The Morgan fingerprint density at radius 1 is 1.11 bits per heavy atom. The third-order valence-electron chi connectivity index (χ3n) is 2.98. The molecule has 0 atom stereocenters. The van der Waals surface area contributed by atoms with Crippen molar-refractivity contribution in [1.29, 1.82) is 0 Å². The highest BCUT2D eigenvalue weighted by atomic mass is 79.9. The lowest BCUT2D eigenvalue weighted by Gasteiger charge is -2.13. The van der Waals surface area contributed by atoms with Gasteiger partial charge in [-0.1, -0.05) is 34.1 Å². The van der Waals surface area contributed by atoms with Crippen LogP contribution in [0.3, 0.4) is 0 Å². The lowest BCUT2D eigenvalue weighted by molar-refractivity contribution is 0.473. The SMILES string of the molecule is CNCc1ccccc1Oc1cc(C)c(Br)c(C)c1. The first-order valence-electron chi connectivity index (χ1n) is 6.29. The zero-order valence-corrected chi connectivity index (χ0v) is 13.0. The van der Waals surface area contributed by atoms with Gasteiger partial charge in [-0.2, -0.15) is 0 Å². The molecule has 0 bridgehead atoms. The molecule has 2 rings (SSSR count). The number of benzene rings is 2. The first-order chi connectivity index (χ1) is 9.11. The molecule has 100 valence electrons. The Morgan fingerprint density at radius 2 is 1.74 bits per heavy atom. The fourth-order valence-electron chi connectivity index (χ4n) is 2.03. The van der Waals surface area contributed by atoms with Gasteiger partial charge < -0.3 is 10.1 Å². The fourth-order valence-corrected chi connectivity index (χ4v) is 2.26. The molecule has 2 aromatic carbocycles. The zero-order valence-electron chi connectivity index (χ0n) is 11.5. The summed E-state index contributed by atoms with van der Waals surface area (Å²) in [6.45, 7) is 4.94. The molecular weight excluding hydrogens is 302 g/mol. The van der Waals surface area contributed by atoms with E-state index < -0.39 is 0 Å². The largest absolute Gasteiger partial charge is 0.457 e. The van der Waals surface area contributed by atoms with Crippen LogP contribution in [-0.2, 0) is 6.54 Å². The number of hydrogen-bond donors (Lipinski definition) is 1. The zero-order chi connectivity index (χ0) is 13.8. The van der Waals surface area contributed by atoms with Gasteiger partial charge in [-0.3, -0.25) is 0 Å². The number of hydrogen-bond acceptors (Lipinski definition) is 2. The van der Waals surface area contributed by atoms with Crippen LogP contribution < -0.4 is 10.1 Å². The van der Waals surface area contributed by atoms with Gasteiger partial charge in [0, 0.05) is 16.6 Å². The molecule has 0 aromatic heterocycles. The molecular formula is C16H18BrNO. The van der Waals surface area contributed by atoms with Crippen LogP contribution in [-0.4, -0.2) is 7.05 Å². The molecule has 0 fully saturated rings. The summed E-state index contributed by atoms with van der Waals surface area (Å²) in [7, 11) is 1.94. The minimum Gasteiger partial charge on any atom is -0.457 e. The van der Waals surface area contributed by atoms with E-state index in [2.05, 4.69) is 41.2 Å². The number of rotatable bonds is 4. The number of halogens is 1. The minimum atomic E-state index is 0.796. The molecule has 0 aliphatic rings. The smallest absolute Gasteiger partial charge is 0.131 e. The second-order valence-corrected chi connectivity index (χ2v) is 5.40. The van der Waals surface area contributed by atoms with Gasteiger partial charge in [0.1, 0.15) is 11.5 Å². The van der Waals surface area contributed by atoms with Crippen molar-refractivity contribution in [3.8, 4) is 11.5 Å². The summed E-state index contributed by atoms with van der Waals surface area (Å²) in [6.07, 6.45) is 0. The van der Waals surface area contributed by atoms with Gasteiger partial charge in [0.05, 0.1) is 0 Å². The van der Waals surface area contributed by atoms with Crippen LogP contribution in [0.5, 0.6) is 11.5 Å². The Bertz CT molecular complexity index is 558. The monoisotopic (exact) mass is 319 g/mol. The molecule has 2 nitrogen and oxygen atoms in total. The third-order valence-corrected chi connectivity index (χ3v) is 4.23. The second kappa shape index (κ2) is 6.22. The normalized spacial score (nSPS) is 10.5.